The average molecular weight is 198 g/mol. The molecule has 0 unspecified atom stereocenters. The Labute approximate surface area is 80.7 Å². The lowest BCUT2D eigenvalue weighted by atomic mass is 9.79. The number of hydrogen-bond donors (Lipinski definition) is 0. The van der Waals surface area contributed by atoms with Crippen LogP contribution in [0.25, 0.3) is 0 Å². The van der Waals surface area contributed by atoms with Crippen LogP contribution in [0.3, 0.4) is 0 Å². The van der Waals surface area contributed by atoms with Gasteiger partial charge >= 0.3 is 0 Å². The smallest absolute Gasteiger partial charge is 0.132 e. The lowest BCUT2D eigenvalue weighted by molar-refractivity contribution is -0.334. The largest absolute Gasteiger partial charge is 0.549 e. The topological polar surface area (TPSA) is 97.3 Å². The first kappa shape index (κ1) is 10.7. The number of carboxylic acid groups (broad SMARTS) is 2. The first-order valence-corrected chi connectivity index (χ1v) is 4.45. The van der Waals surface area contributed by atoms with Gasteiger partial charge in [0.2, 0.25) is 0 Å². The molecule has 0 atom stereocenters. The van der Waals surface area contributed by atoms with E-state index in [1.165, 1.54) is 0 Å². The van der Waals surface area contributed by atoms with Crippen molar-refractivity contribution in [3.8, 4) is 0 Å². The van der Waals surface area contributed by atoms with Crippen molar-refractivity contribution in [3.05, 3.63) is 0 Å². The second-order valence-corrected chi connectivity index (χ2v) is 3.49. The number of hydrogen-bond acceptors (Lipinski definition) is 5. The quantitative estimate of drug-likeness (QED) is 0.482. The number of carbonyl (C=O) groups excluding carboxylic acids is 3. The zero-order valence-electron chi connectivity index (χ0n) is 7.52. The van der Waals surface area contributed by atoms with Gasteiger partial charge in [-0.2, -0.15) is 0 Å². The van der Waals surface area contributed by atoms with E-state index in [9.17, 15) is 24.6 Å². The molecule has 1 rings (SSSR count). The monoisotopic (exact) mass is 198 g/mol. The molecular weight excluding hydrogens is 188 g/mol. The molecule has 1 fully saturated rings. The third-order valence-electron chi connectivity index (χ3n) is 2.57. The molecule has 0 aromatic rings. The van der Waals surface area contributed by atoms with Gasteiger partial charge in [0.1, 0.15) is 5.78 Å². The fourth-order valence-corrected chi connectivity index (χ4v) is 1.78. The second-order valence-electron chi connectivity index (χ2n) is 3.49. The summed E-state index contributed by atoms with van der Waals surface area (Å²) >= 11 is 0. The number of Topliss-reactive ketones (excluding diaryl/α,β-unsaturated/α-hetero) is 1. The molecule has 1 aliphatic carbocycles. The van der Waals surface area contributed by atoms with E-state index in [1.54, 1.807) is 0 Å². The van der Waals surface area contributed by atoms with Crippen molar-refractivity contribution >= 4 is 17.7 Å². The first-order valence-electron chi connectivity index (χ1n) is 4.45. The van der Waals surface area contributed by atoms with Crippen LogP contribution < -0.4 is 10.2 Å². The van der Waals surface area contributed by atoms with Crippen LogP contribution in [-0.2, 0) is 14.4 Å². The molecule has 5 heteroatoms. The van der Waals surface area contributed by atoms with E-state index in [0.29, 0.717) is 12.8 Å². The Balaban J connectivity index is 2.65. The molecule has 0 spiro atoms. The molecule has 0 bridgehead atoms. The Kier molecular flexibility index (Phi) is 3.22. The van der Waals surface area contributed by atoms with Crippen LogP contribution in [-0.4, -0.2) is 17.7 Å². The van der Waals surface area contributed by atoms with Gasteiger partial charge in [0.05, 0.1) is 11.9 Å². The second kappa shape index (κ2) is 4.21. The predicted molar refractivity (Wildman–Crippen MR) is 40.5 cm³/mol. The van der Waals surface area contributed by atoms with Crippen molar-refractivity contribution < 1.29 is 24.6 Å². The fraction of sp³-hybridized carbons (Fsp3) is 0.667. The van der Waals surface area contributed by atoms with Gasteiger partial charge in [0.15, 0.2) is 0 Å². The predicted octanol–water partition coefficient (Wildman–Crippen LogP) is -2.14. The standard InChI is InChI=1S/C9H12O5/c10-6-3-1-5(2-4-6)7(8(11)12)9(13)14/h5,7H,1-4H2,(H,11,12)(H,13,14)/p-2. The molecule has 0 radical (unpaired) electrons. The average Bonchev–Trinajstić information content (AvgIpc) is 2.07. The number of carboxylic acids is 2. The molecule has 1 aliphatic rings. The minimum Gasteiger partial charge on any atom is -0.549 e. The van der Waals surface area contributed by atoms with Gasteiger partial charge in [-0.25, -0.2) is 0 Å². The Morgan fingerprint density at radius 3 is 1.93 bits per heavy atom. The van der Waals surface area contributed by atoms with E-state index < -0.39 is 23.8 Å². The van der Waals surface area contributed by atoms with Gasteiger partial charge in [-0.05, 0) is 18.8 Å². The van der Waals surface area contributed by atoms with E-state index in [-0.39, 0.29) is 18.6 Å². The number of ketones is 1. The summed E-state index contributed by atoms with van der Waals surface area (Å²) in [6.45, 7) is 0. The minimum absolute atomic E-state index is 0.0525. The molecule has 0 saturated heterocycles. The fourth-order valence-electron chi connectivity index (χ4n) is 1.78. The van der Waals surface area contributed by atoms with Crippen molar-refractivity contribution in [3.63, 3.8) is 0 Å². The molecule has 0 N–H and O–H groups in total. The molecular formula is C9H10O5-2. The van der Waals surface area contributed by atoms with Crippen LogP contribution >= 0.6 is 0 Å². The van der Waals surface area contributed by atoms with Crippen molar-refractivity contribution in [2.24, 2.45) is 11.8 Å². The van der Waals surface area contributed by atoms with Gasteiger partial charge in [-0.3, -0.25) is 4.79 Å². The Bertz CT molecular complexity index is 246. The summed E-state index contributed by atoms with van der Waals surface area (Å²) in [5, 5.41) is 21.0. The van der Waals surface area contributed by atoms with Gasteiger partial charge in [0.25, 0.3) is 0 Å². The molecule has 5 nitrogen and oxygen atoms in total. The van der Waals surface area contributed by atoms with Gasteiger partial charge in [-0.1, -0.05) is 0 Å². The summed E-state index contributed by atoms with van der Waals surface area (Å²) in [6, 6.07) is 0. The third-order valence-corrected chi connectivity index (χ3v) is 2.57. The van der Waals surface area contributed by atoms with Gasteiger partial charge < -0.3 is 19.8 Å². The Morgan fingerprint density at radius 2 is 1.57 bits per heavy atom. The van der Waals surface area contributed by atoms with Gasteiger partial charge in [-0.15, -0.1) is 0 Å². The van der Waals surface area contributed by atoms with Gasteiger partial charge in [0, 0.05) is 18.8 Å². The van der Waals surface area contributed by atoms with Crippen LogP contribution in [0.5, 0.6) is 0 Å². The van der Waals surface area contributed by atoms with E-state index in [4.69, 9.17) is 0 Å². The highest BCUT2D eigenvalue weighted by molar-refractivity contribution is 5.91. The summed E-state index contributed by atoms with van der Waals surface area (Å²) in [4.78, 5) is 31.9. The molecule has 1 saturated carbocycles. The molecule has 0 amide bonds. The molecule has 0 aromatic carbocycles. The summed E-state index contributed by atoms with van der Waals surface area (Å²) in [7, 11) is 0. The Morgan fingerprint density at radius 1 is 1.14 bits per heavy atom. The first-order chi connectivity index (χ1) is 6.52. The highest BCUT2D eigenvalue weighted by Gasteiger charge is 2.28. The highest BCUT2D eigenvalue weighted by Crippen LogP contribution is 2.27. The maximum Gasteiger partial charge on any atom is 0.132 e. The SMILES string of the molecule is O=C1CCC(C(C(=O)[O-])C(=O)[O-])CC1. The van der Waals surface area contributed by atoms with E-state index in [2.05, 4.69) is 0 Å². The molecule has 14 heavy (non-hydrogen) atoms. The number of rotatable bonds is 3. The van der Waals surface area contributed by atoms with E-state index in [0.717, 1.165) is 0 Å². The lowest BCUT2D eigenvalue weighted by Crippen LogP contribution is -2.47. The zero-order chi connectivity index (χ0) is 10.7. The molecule has 0 aromatic heterocycles. The lowest BCUT2D eigenvalue weighted by Gasteiger charge is -2.30. The molecule has 78 valence electrons. The van der Waals surface area contributed by atoms with Crippen molar-refractivity contribution in [2.75, 3.05) is 0 Å². The summed E-state index contributed by atoms with van der Waals surface area (Å²) in [6.07, 6.45) is 1.10. The number of aliphatic carboxylic acids is 2. The van der Waals surface area contributed by atoms with Crippen LogP contribution in [0.4, 0.5) is 0 Å². The summed E-state index contributed by atoms with van der Waals surface area (Å²) < 4.78 is 0. The highest BCUT2D eigenvalue weighted by atomic mass is 16.4. The van der Waals surface area contributed by atoms with Crippen LogP contribution in [0.2, 0.25) is 0 Å². The van der Waals surface area contributed by atoms with E-state index >= 15 is 0 Å². The van der Waals surface area contributed by atoms with Crippen molar-refractivity contribution in [1.29, 1.82) is 0 Å². The summed E-state index contributed by atoms with van der Waals surface area (Å²) in [5.74, 6) is -5.30. The maximum absolute atomic E-state index is 10.8. The third kappa shape index (κ3) is 2.31. The van der Waals surface area contributed by atoms with Crippen LogP contribution in [0.1, 0.15) is 25.7 Å². The molecule has 0 heterocycles. The Hall–Kier alpha value is -1.39. The van der Waals surface area contributed by atoms with Crippen molar-refractivity contribution in [2.45, 2.75) is 25.7 Å². The van der Waals surface area contributed by atoms with E-state index in [1.807, 2.05) is 0 Å². The maximum atomic E-state index is 10.8. The minimum atomic E-state index is -1.62. The normalized spacial score (nSPS) is 18.5. The van der Waals surface area contributed by atoms with Crippen LogP contribution in [0, 0.1) is 11.8 Å². The van der Waals surface area contributed by atoms with Crippen LogP contribution in [0.15, 0.2) is 0 Å². The summed E-state index contributed by atoms with van der Waals surface area (Å²) in [5.41, 5.74) is 0. The number of carbonyl (C=O) groups is 3. The molecule has 0 aliphatic heterocycles. The van der Waals surface area contributed by atoms with Crippen molar-refractivity contribution in [1.82, 2.24) is 0 Å². The zero-order valence-corrected chi connectivity index (χ0v) is 7.52.